The van der Waals surface area contributed by atoms with Gasteiger partial charge in [-0.2, -0.15) is 13.2 Å². The minimum atomic E-state index is -4.48. The van der Waals surface area contributed by atoms with Gasteiger partial charge in [0.05, 0.1) is 5.56 Å². The van der Waals surface area contributed by atoms with Crippen LogP contribution in [0.1, 0.15) is 31.9 Å². The number of benzene rings is 1. The van der Waals surface area contributed by atoms with Crippen LogP contribution >= 0.6 is 12.2 Å². The highest BCUT2D eigenvalue weighted by atomic mass is 32.1. The quantitative estimate of drug-likeness (QED) is 0.858. The van der Waals surface area contributed by atoms with E-state index in [-0.39, 0.29) is 16.6 Å². The third kappa shape index (κ3) is 3.62. The lowest BCUT2D eigenvalue weighted by atomic mass is 10.0. The van der Waals surface area contributed by atoms with Crippen LogP contribution in [0.4, 0.5) is 18.9 Å². The van der Waals surface area contributed by atoms with Crippen molar-refractivity contribution in [2.75, 3.05) is 11.9 Å². The first kappa shape index (κ1) is 16.8. The van der Waals surface area contributed by atoms with Crippen molar-refractivity contribution >= 4 is 22.9 Å². The minimum absolute atomic E-state index is 0.117. The molecule has 1 rings (SSSR count). The normalized spacial score (nSPS) is 13.4. The van der Waals surface area contributed by atoms with Gasteiger partial charge in [-0.3, -0.25) is 0 Å². The summed E-state index contributed by atoms with van der Waals surface area (Å²) in [4.78, 5) is 1.58. The molecule has 0 bridgehead atoms. The molecule has 0 spiro atoms. The molecule has 0 amide bonds. The summed E-state index contributed by atoms with van der Waals surface area (Å²) in [5, 5.41) is 0. The number of nitrogens with zero attached hydrogens (tertiary/aromatic N) is 1. The average Bonchev–Trinajstić information content (AvgIpc) is 2.34. The molecule has 0 saturated carbocycles. The lowest BCUT2D eigenvalue weighted by molar-refractivity contribution is -0.137. The van der Waals surface area contributed by atoms with Gasteiger partial charge >= 0.3 is 6.18 Å². The number of anilines is 1. The van der Waals surface area contributed by atoms with Crippen molar-refractivity contribution in [1.82, 2.24) is 0 Å². The van der Waals surface area contributed by atoms with Gasteiger partial charge in [-0.1, -0.05) is 26.1 Å². The molecule has 20 heavy (non-hydrogen) atoms. The molecule has 112 valence electrons. The van der Waals surface area contributed by atoms with Crippen LogP contribution in [0.2, 0.25) is 0 Å². The first-order valence-corrected chi connectivity index (χ1v) is 6.70. The first-order chi connectivity index (χ1) is 9.05. The second kappa shape index (κ2) is 5.99. The highest BCUT2D eigenvalue weighted by molar-refractivity contribution is 7.80. The molecule has 1 aromatic carbocycles. The van der Waals surface area contributed by atoms with E-state index < -0.39 is 11.7 Å². The Morgan fingerprint density at radius 2 is 1.80 bits per heavy atom. The van der Waals surface area contributed by atoms with Crippen LogP contribution in [0, 0.1) is 5.92 Å². The van der Waals surface area contributed by atoms with Gasteiger partial charge in [-0.25, -0.2) is 0 Å². The molecule has 6 heteroatoms. The molecule has 2 nitrogen and oxygen atoms in total. The first-order valence-electron chi connectivity index (χ1n) is 6.29. The maximum atomic E-state index is 13.1. The number of nitrogens with two attached hydrogens (primary N) is 1. The van der Waals surface area contributed by atoms with Crippen LogP contribution in [0.3, 0.4) is 0 Å². The number of rotatable bonds is 4. The summed E-state index contributed by atoms with van der Waals surface area (Å²) >= 11 is 4.68. The molecule has 0 aliphatic rings. The summed E-state index contributed by atoms with van der Waals surface area (Å²) in [5.74, 6) is 0.324. The van der Waals surface area contributed by atoms with Gasteiger partial charge in [0.25, 0.3) is 0 Å². The molecule has 1 aromatic rings. The number of thiocarbonyl (C=S) groups is 1. The Morgan fingerprint density at radius 3 is 2.20 bits per heavy atom. The molecular weight excluding hydrogens is 285 g/mol. The van der Waals surface area contributed by atoms with Crippen LogP contribution in [0.25, 0.3) is 0 Å². The monoisotopic (exact) mass is 304 g/mol. The van der Waals surface area contributed by atoms with Crippen LogP contribution in [-0.2, 0) is 6.18 Å². The molecule has 0 saturated heterocycles. The van der Waals surface area contributed by atoms with E-state index in [9.17, 15) is 13.2 Å². The Bertz CT molecular complexity index is 498. The van der Waals surface area contributed by atoms with Crippen LogP contribution in [-0.4, -0.2) is 18.1 Å². The third-order valence-corrected chi connectivity index (χ3v) is 3.78. The Kier molecular flexibility index (Phi) is 5.02. The van der Waals surface area contributed by atoms with E-state index in [0.717, 1.165) is 6.07 Å². The minimum Gasteiger partial charge on any atom is -0.389 e. The van der Waals surface area contributed by atoms with Gasteiger partial charge in [0, 0.05) is 24.3 Å². The third-order valence-electron chi connectivity index (χ3n) is 3.56. The molecule has 0 heterocycles. The zero-order valence-electron chi connectivity index (χ0n) is 12.0. The molecule has 0 aliphatic heterocycles. The molecule has 0 aliphatic carbocycles. The molecule has 2 N–H and O–H groups in total. The summed E-state index contributed by atoms with van der Waals surface area (Å²) in [6.45, 7) is 6.02. The van der Waals surface area contributed by atoms with Crippen molar-refractivity contribution in [3.05, 3.63) is 29.3 Å². The van der Waals surface area contributed by atoms with Crippen molar-refractivity contribution in [2.45, 2.75) is 33.0 Å². The molecule has 1 unspecified atom stereocenters. The standard InChI is InChI=1S/C14H19F3N2S/c1-8(2)9(3)19(4)10-5-6-11(13(18)20)12(7-10)14(15,16)17/h5-9H,1-4H3,(H2,18,20). The van der Waals surface area contributed by atoms with Gasteiger partial charge < -0.3 is 10.6 Å². The number of alkyl halides is 3. The molecule has 0 aromatic heterocycles. The van der Waals surface area contributed by atoms with Gasteiger partial charge in [0.15, 0.2) is 0 Å². The van der Waals surface area contributed by atoms with Crippen molar-refractivity contribution in [1.29, 1.82) is 0 Å². The highest BCUT2D eigenvalue weighted by Gasteiger charge is 2.34. The van der Waals surface area contributed by atoms with Crippen molar-refractivity contribution in [3.63, 3.8) is 0 Å². The predicted molar refractivity (Wildman–Crippen MR) is 80.0 cm³/mol. The maximum absolute atomic E-state index is 13.1. The summed E-state index contributed by atoms with van der Waals surface area (Å²) in [6, 6.07) is 4.17. The smallest absolute Gasteiger partial charge is 0.389 e. The topological polar surface area (TPSA) is 29.3 Å². The summed E-state index contributed by atoms with van der Waals surface area (Å²) in [6.07, 6.45) is -4.48. The molecule has 0 radical (unpaired) electrons. The zero-order chi connectivity index (χ0) is 15.7. The second-order valence-electron chi connectivity index (χ2n) is 5.19. The van der Waals surface area contributed by atoms with E-state index >= 15 is 0 Å². The Hall–Kier alpha value is -1.30. The molecule has 1 atom stereocenters. The van der Waals surface area contributed by atoms with Crippen LogP contribution < -0.4 is 10.6 Å². The highest BCUT2D eigenvalue weighted by Crippen LogP contribution is 2.35. The van der Waals surface area contributed by atoms with Gasteiger partial charge in [0.2, 0.25) is 0 Å². The van der Waals surface area contributed by atoms with Crippen molar-refractivity contribution in [2.24, 2.45) is 11.7 Å². The lowest BCUT2D eigenvalue weighted by Crippen LogP contribution is -2.33. The lowest BCUT2D eigenvalue weighted by Gasteiger charge is -2.30. The predicted octanol–water partition coefficient (Wildman–Crippen LogP) is 3.82. The fraction of sp³-hybridized carbons (Fsp3) is 0.500. The van der Waals surface area contributed by atoms with E-state index in [0.29, 0.717) is 11.6 Å². The summed E-state index contributed by atoms with van der Waals surface area (Å²) in [7, 11) is 1.78. The summed E-state index contributed by atoms with van der Waals surface area (Å²) in [5.41, 5.74) is 4.94. The maximum Gasteiger partial charge on any atom is 0.417 e. The van der Waals surface area contributed by atoms with E-state index in [1.54, 1.807) is 13.1 Å². The van der Waals surface area contributed by atoms with Crippen molar-refractivity contribution < 1.29 is 13.2 Å². The second-order valence-corrected chi connectivity index (χ2v) is 5.63. The number of halogens is 3. The fourth-order valence-electron chi connectivity index (χ4n) is 1.88. The van der Waals surface area contributed by atoms with Crippen molar-refractivity contribution in [3.8, 4) is 0 Å². The van der Waals surface area contributed by atoms with E-state index in [2.05, 4.69) is 12.2 Å². The summed E-state index contributed by atoms with van der Waals surface area (Å²) < 4.78 is 39.2. The van der Waals surface area contributed by atoms with E-state index in [1.165, 1.54) is 6.07 Å². The average molecular weight is 304 g/mol. The largest absolute Gasteiger partial charge is 0.417 e. The van der Waals surface area contributed by atoms with Gasteiger partial charge in [0.1, 0.15) is 4.99 Å². The van der Waals surface area contributed by atoms with Gasteiger partial charge in [-0.05, 0) is 31.0 Å². The van der Waals surface area contributed by atoms with Crippen LogP contribution in [0.5, 0.6) is 0 Å². The molecule has 0 fully saturated rings. The number of hydrogen-bond acceptors (Lipinski definition) is 2. The van der Waals surface area contributed by atoms with E-state index in [1.807, 2.05) is 25.7 Å². The number of hydrogen-bond donors (Lipinski definition) is 1. The van der Waals surface area contributed by atoms with E-state index in [4.69, 9.17) is 5.73 Å². The SMILES string of the molecule is CC(C)C(C)N(C)c1ccc(C(N)=S)c(C(F)(F)F)c1. The Morgan fingerprint density at radius 1 is 1.25 bits per heavy atom. The van der Waals surface area contributed by atoms with Gasteiger partial charge in [-0.15, -0.1) is 0 Å². The zero-order valence-corrected chi connectivity index (χ0v) is 12.8. The Labute approximate surface area is 122 Å². The molecular formula is C14H19F3N2S. The van der Waals surface area contributed by atoms with Crippen LogP contribution in [0.15, 0.2) is 18.2 Å². The Balaban J connectivity index is 3.30. The fourth-order valence-corrected chi connectivity index (χ4v) is 2.06.